The van der Waals surface area contributed by atoms with E-state index in [-0.39, 0.29) is 30.9 Å². The summed E-state index contributed by atoms with van der Waals surface area (Å²) in [6, 6.07) is 6.86. The quantitative estimate of drug-likeness (QED) is 0.777. The highest BCUT2D eigenvalue weighted by Crippen LogP contribution is 2.11. The fourth-order valence-corrected chi connectivity index (χ4v) is 1.57. The lowest BCUT2D eigenvalue weighted by atomic mass is 10.2. The van der Waals surface area contributed by atoms with Gasteiger partial charge in [-0.05, 0) is 45.0 Å². The lowest BCUT2D eigenvalue weighted by molar-refractivity contribution is -0.147. The van der Waals surface area contributed by atoms with E-state index in [1.807, 2.05) is 6.92 Å². The van der Waals surface area contributed by atoms with E-state index in [1.165, 1.54) is 0 Å². The monoisotopic (exact) mass is 279 g/mol. The maximum atomic E-state index is 11.8. The van der Waals surface area contributed by atoms with Gasteiger partial charge < -0.3 is 14.8 Å². The topological polar surface area (TPSA) is 64.6 Å². The first-order valence-electron chi connectivity index (χ1n) is 6.73. The van der Waals surface area contributed by atoms with E-state index >= 15 is 0 Å². The Labute approximate surface area is 119 Å². The summed E-state index contributed by atoms with van der Waals surface area (Å²) in [5.74, 6) is 0.196. The van der Waals surface area contributed by atoms with Crippen LogP contribution in [0.5, 0.6) is 5.75 Å². The molecule has 0 fully saturated rings. The fourth-order valence-electron chi connectivity index (χ4n) is 1.57. The molecule has 0 atom stereocenters. The van der Waals surface area contributed by atoms with E-state index < -0.39 is 0 Å². The number of hydrogen-bond donors (Lipinski definition) is 1. The number of nitrogens with one attached hydrogen (secondary N) is 1. The van der Waals surface area contributed by atoms with Crippen LogP contribution in [0, 0.1) is 0 Å². The zero-order valence-electron chi connectivity index (χ0n) is 12.1. The molecule has 0 saturated carbocycles. The molecule has 0 saturated heterocycles. The van der Waals surface area contributed by atoms with Gasteiger partial charge in [-0.25, -0.2) is 0 Å². The molecule has 1 N–H and O–H groups in total. The standard InChI is InChI=1S/C15H21NO4/c1-4-19-13-7-5-12(6-8-13)15(18)16-10-9-14(17)20-11(2)3/h5-8,11H,4,9-10H2,1-3H3,(H,16,18). The van der Waals surface area contributed by atoms with Crippen molar-refractivity contribution in [3.63, 3.8) is 0 Å². The van der Waals surface area contributed by atoms with Crippen molar-refractivity contribution in [3.8, 4) is 5.75 Å². The molecule has 1 rings (SSSR count). The minimum Gasteiger partial charge on any atom is -0.494 e. The van der Waals surface area contributed by atoms with Crippen molar-refractivity contribution in [1.82, 2.24) is 5.32 Å². The van der Waals surface area contributed by atoms with Crippen molar-refractivity contribution < 1.29 is 19.1 Å². The lowest BCUT2D eigenvalue weighted by Gasteiger charge is -2.09. The van der Waals surface area contributed by atoms with Gasteiger partial charge in [0.2, 0.25) is 0 Å². The maximum absolute atomic E-state index is 11.8. The average Bonchev–Trinajstić information content (AvgIpc) is 2.39. The molecule has 1 amide bonds. The zero-order valence-corrected chi connectivity index (χ0v) is 12.1. The molecule has 0 unspecified atom stereocenters. The normalized spacial score (nSPS) is 10.2. The van der Waals surface area contributed by atoms with Crippen LogP contribution in [0.15, 0.2) is 24.3 Å². The molecule has 5 nitrogen and oxygen atoms in total. The highest BCUT2D eigenvalue weighted by Gasteiger charge is 2.08. The summed E-state index contributed by atoms with van der Waals surface area (Å²) in [4.78, 5) is 23.1. The molecule has 110 valence electrons. The van der Waals surface area contributed by atoms with Crippen molar-refractivity contribution in [2.24, 2.45) is 0 Å². The molecule has 5 heteroatoms. The van der Waals surface area contributed by atoms with Crippen LogP contribution in [0.3, 0.4) is 0 Å². The summed E-state index contributed by atoms with van der Waals surface area (Å²) in [7, 11) is 0. The number of ether oxygens (including phenoxy) is 2. The van der Waals surface area contributed by atoms with E-state index in [2.05, 4.69) is 5.32 Å². The second-order valence-corrected chi connectivity index (χ2v) is 4.50. The molecule has 1 aromatic carbocycles. The summed E-state index contributed by atoms with van der Waals surface area (Å²) in [6.45, 7) is 6.32. The summed E-state index contributed by atoms with van der Waals surface area (Å²) in [6.07, 6.45) is 0.0327. The number of hydrogen-bond acceptors (Lipinski definition) is 4. The predicted octanol–water partition coefficient (Wildman–Crippen LogP) is 2.16. The van der Waals surface area contributed by atoms with Gasteiger partial charge in [0, 0.05) is 12.1 Å². The van der Waals surface area contributed by atoms with Gasteiger partial charge in [-0.3, -0.25) is 9.59 Å². The second kappa shape index (κ2) is 8.19. The van der Waals surface area contributed by atoms with Gasteiger partial charge in [-0.2, -0.15) is 0 Å². The van der Waals surface area contributed by atoms with E-state index in [0.29, 0.717) is 12.2 Å². The molecule has 0 bridgehead atoms. The third kappa shape index (κ3) is 5.73. The van der Waals surface area contributed by atoms with E-state index in [9.17, 15) is 9.59 Å². The third-order valence-electron chi connectivity index (χ3n) is 2.41. The molecular weight excluding hydrogens is 258 g/mol. The first kappa shape index (κ1) is 16.0. The zero-order chi connectivity index (χ0) is 15.0. The Kier molecular flexibility index (Phi) is 6.56. The fraction of sp³-hybridized carbons (Fsp3) is 0.467. The highest BCUT2D eigenvalue weighted by atomic mass is 16.5. The van der Waals surface area contributed by atoms with Crippen LogP contribution < -0.4 is 10.1 Å². The number of carbonyl (C=O) groups excluding carboxylic acids is 2. The second-order valence-electron chi connectivity index (χ2n) is 4.50. The number of amides is 1. The van der Waals surface area contributed by atoms with Crippen molar-refractivity contribution in [2.45, 2.75) is 33.3 Å². The van der Waals surface area contributed by atoms with Crippen LogP contribution in [0.2, 0.25) is 0 Å². The average molecular weight is 279 g/mol. The Morgan fingerprint density at radius 2 is 1.85 bits per heavy atom. The Morgan fingerprint density at radius 3 is 2.40 bits per heavy atom. The minimum absolute atomic E-state index is 0.135. The number of rotatable bonds is 7. The number of benzene rings is 1. The van der Waals surface area contributed by atoms with Crippen LogP contribution in [-0.4, -0.2) is 31.1 Å². The largest absolute Gasteiger partial charge is 0.494 e. The van der Waals surface area contributed by atoms with Gasteiger partial charge >= 0.3 is 5.97 Å². The van der Waals surface area contributed by atoms with E-state index in [4.69, 9.17) is 9.47 Å². The highest BCUT2D eigenvalue weighted by molar-refractivity contribution is 5.94. The summed E-state index contributed by atoms with van der Waals surface area (Å²) >= 11 is 0. The lowest BCUT2D eigenvalue weighted by Crippen LogP contribution is -2.27. The number of esters is 1. The van der Waals surface area contributed by atoms with Crippen LogP contribution in [-0.2, 0) is 9.53 Å². The Hall–Kier alpha value is -2.04. The smallest absolute Gasteiger partial charge is 0.307 e. The predicted molar refractivity (Wildman–Crippen MR) is 75.8 cm³/mol. The van der Waals surface area contributed by atoms with Crippen molar-refractivity contribution in [2.75, 3.05) is 13.2 Å². The SMILES string of the molecule is CCOc1ccc(C(=O)NCCC(=O)OC(C)C)cc1. The van der Waals surface area contributed by atoms with Crippen LogP contribution >= 0.6 is 0 Å². The Morgan fingerprint density at radius 1 is 1.20 bits per heavy atom. The van der Waals surface area contributed by atoms with Crippen molar-refractivity contribution in [3.05, 3.63) is 29.8 Å². The van der Waals surface area contributed by atoms with Crippen molar-refractivity contribution >= 4 is 11.9 Å². The van der Waals surface area contributed by atoms with Crippen LogP contribution in [0.25, 0.3) is 0 Å². The molecule has 20 heavy (non-hydrogen) atoms. The van der Waals surface area contributed by atoms with Crippen molar-refractivity contribution in [1.29, 1.82) is 0 Å². The van der Waals surface area contributed by atoms with Gasteiger partial charge in [-0.1, -0.05) is 0 Å². The van der Waals surface area contributed by atoms with Gasteiger partial charge in [-0.15, -0.1) is 0 Å². The van der Waals surface area contributed by atoms with Gasteiger partial charge in [0.15, 0.2) is 0 Å². The third-order valence-corrected chi connectivity index (χ3v) is 2.41. The van der Waals surface area contributed by atoms with Gasteiger partial charge in [0.1, 0.15) is 5.75 Å². The summed E-state index contributed by atoms with van der Waals surface area (Å²) in [5, 5.41) is 2.67. The molecule has 1 aromatic rings. The van der Waals surface area contributed by atoms with Crippen LogP contribution in [0.1, 0.15) is 37.6 Å². The summed E-state index contributed by atoms with van der Waals surface area (Å²) < 4.78 is 10.3. The molecular formula is C15H21NO4. The molecule has 0 aliphatic rings. The van der Waals surface area contributed by atoms with Gasteiger partial charge in [0.25, 0.3) is 5.91 Å². The first-order chi connectivity index (χ1) is 9.52. The molecule has 0 spiro atoms. The Bertz CT molecular complexity index is 440. The molecule has 0 heterocycles. The first-order valence-corrected chi connectivity index (χ1v) is 6.73. The molecule has 0 aromatic heterocycles. The molecule has 0 aliphatic heterocycles. The summed E-state index contributed by atoms with van der Waals surface area (Å²) in [5.41, 5.74) is 0.533. The van der Waals surface area contributed by atoms with E-state index in [1.54, 1.807) is 38.1 Å². The number of carbonyl (C=O) groups is 2. The maximum Gasteiger partial charge on any atom is 0.307 e. The Balaban J connectivity index is 2.37. The molecule has 0 radical (unpaired) electrons. The minimum atomic E-state index is -0.313. The van der Waals surface area contributed by atoms with E-state index in [0.717, 1.165) is 5.75 Å². The van der Waals surface area contributed by atoms with Crippen LogP contribution in [0.4, 0.5) is 0 Å². The molecule has 0 aliphatic carbocycles. The van der Waals surface area contributed by atoms with Gasteiger partial charge in [0.05, 0.1) is 19.1 Å².